The summed E-state index contributed by atoms with van der Waals surface area (Å²) in [6.07, 6.45) is 8.43. The van der Waals surface area contributed by atoms with Gasteiger partial charge in [-0.25, -0.2) is 0 Å². The van der Waals surface area contributed by atoms with Gasteiger partial charge in [0.05, 0.1) is 18.7 Å². The number of unbranched alkanes of at least 4 members (excludes halogenated alkanes) is 1. The number of rotatable bonds is 13. The molecule has 40 heavy (non-hydrogen) atoms. The lowest BCUT2D eigenvalue weighted by molar-refractivity contribution is 0.0982. The number of carbonyl (C=O) groups excluding carboxylic acids is 1. The molecule has 0 unspecified atom stereocenters. The Morgan fingerprint density at radius 3 is 2.20 bits per heavy atom. The van der Waals surface area contributed by atoms with Crippen LogP contribution in [0.4, 0.5) is 0 Å². The van der Waals surface area contributed by atoms with Crippen LogP contribution in [-0.2, 0) is 13.5 Å². The van der Waals surface area contributed by atoms with E-state index in [-0.39, 0.29) is 5.78 Å². The fraction of sp³-hybridized carbons (Fsp3) is 0.361. The fourth-order valence-electron chi connectivity index (χ4n) is 5.63. The Bertz CT molecular complexity index is 1470. The highest BCUT2D eigenvalue weighted by molar-refractivity contribution is 6.11. The predicted octanol–water partition coefficient (Wildman–Crippen LogP) is 9.06. The number of nitrogens with zero attached hydrogens (tertiary/aromatic N) is 1. The molecule has 210 valence electrons. The van der Waals surface area contributed by atoms with Crippen molar-refractivity contribution in [3.05, 3.63) is 93.7 Å². The molecule has 0 aliphatic heterocycles. The van der Waals surface area contributed by atoms with E-state index in [0.717, 1.165) is 70.5 Å². The van der Waals surface area contributed by atoms with Crippen molar-refractivity contribution in [1.29, 1.82) is 0 Å². The molecule has 0 bridgehead atoms. The Labute approximate surface area is 239 Å². The summed E-state index contributed by atoms with van der Waals surface area (Å²) in [6, 6.07) is 18.8. The Morgan fingerprint density at radius 2 is 1.55 bits per heavy atom. The summed E-state index contributed by atoms with van der Waals surface area (Å²) in [6.45, 7) is 11.9. The molecule has 1 aromatic heterocycles. The van der Waals surface area contributed by atoms with E-state index in [4.69, 9.17) is 9.47 Å². The van der Waals surface area contributed by atoms with Gasteiger partial charge in [-0.05, 0) is 80.8 Å². The number of Topliss-reactive ketones (excluding diaryl/α,β-unsaturated/α-hetero) is 1. The van der Waals surface area contributed by atoms with Crippen molar-refractivity contribution in [1.82, 2.24) is 4.57 Å². The summed E-state index contributed by atoms with van der Waals surface area (Å²) in [4.78, 5) is 12.9. The van der Waals surface area contributed by atoms with Crippen LogP contribution in [0.5, 0.6) is 11.5 Å². The Balaban J connectivity index is 1.34. The van der Waals surface area contributed by atoms with Crippen molar-refractivity contribution in [2.75, 3.05) is 13.2 Å². The lowest BCUT2D eigenvalue weighted by atomic mass is 10.0. The van der Waals surface area contributed by atoms with Gasteiger partial charge < -0.3 is 14.0 Å². The van der Waals surface area contributed by atoms with Crippen molar-refractivity contribution >= 4 is 28.8 Å². The van der Waals surface area contributed by atoms with Gasteiger partial charge in [0, 0.05) is 30.1 Å². The molecule has 0 atom stereocenters. The van der Waals surface area contributed by atoms with Crippen LogP contribution in [0, 0.1) is 20.8 Å². The van der Waals surface area contributed by atoms with Crippen LogP contribution in [0.25, 0.3) is 23.1 Å². The molecule has 0 radical (unpaired) electrons. The zero-order valence-electron chi connectivity index (χ0n) is 25.0. The molecule has 4 rings (SSSR count). The van der Waals surface area contributed by atoms with E-state index in [1.807, 2.05) is 12.1 Å². The van der Waals surface area contributed by atoms with E-state index in [1.54, 1.807) is 0 Å². The number of ketones is 1. The molecule has 0 aliphatic carbocycles. The molecule has 0 fully saturated rings. The van der Waals surface area contributed by atoms with E-state index in [0.29, 0.717) is 19.6 Å². The number of hydrogen-bond acceptors (Lipinski definition) is 3. The summed E-state index contributed by atoms with van der Waals surface area (Å²) in [5.41, 5.74) is 9.00. The van der Waals surface area contributed by atoms with Crippen molar-refractivity contribution in [2.24, 2.45) is 7.05 Å². The third-order valence-corrected chi connectivity index (χ3v) is 7.45. The van der Waals surface area contributed by atoms with Crippen LogP contribution in [0.2, 0.25) is 0 Å². The van der Waals surface area contributed by atoms with Gasteiger partial charge in [0.15, 0.2) is 5.78 Å². The van der Waals surface area contributed by atoms with E-state index in [9.17, 15) is 4.79 Å². The molecule has 0 aliphatic rings. The molecule has 0 amide bonds. The molecule has 4 nitrogen and oxygen atoms in total. The van der Waals surface area contributed by atoms with Gasteiger partial charge >= 0.3 is 0 Å². The fourth-order valence-corrected chi connectivity index (χ4v) is 5.63. The van der Waals surface area contributed by atoms with E-state index in [2.05, 4.69) is 101 Å². The maximum atomic E-state index is 12.9. The number of ether oxygens (including phenoxy) is 2. The van der Waals surface area contributed by atoms with Gasteiger partial charge in [-0.2, -0.15) is 0 Å². The van der Waals surface area contributed by atoms with Gasteiger partial charge in [0.2, 0.25) is 0 Å². The standard InChI is InChI=1S/C36H43NO3/c1-7-12-33(38)34-31-14-11-13-29(35(31)37(6)32(34)8-2)18-15-28-16-19-30(20-17-28)39-21-9-10-22-40-36-26(4)23-25(3)24-27(36)5/h11,13-20,23-24H,7-10,12,21-22H2,1-6H3/b18-15+. The first-order valence-corrected chi connectivity index (χ1v) is 14.6. The molecule has 4 aromatic rings. The second kappa shape index (κ2) is 13.5. The number of aromatic nitrogens is 1. The molecule has 3 aromatic carbocycles. The van der Waals surface area contributed by atoms with Crippen LogP contribution < -0.4 is 9.47 Å². The van der Waals surface area contributed by atoms with Crippen LogP contribution in [0.15, 0.2) is 54.6 Å². The second-order valence-corrected chi connectivity index (χ2v) is 10.7. The first kappa shape index (κ1) is 29.2. The zero-order valence-corrected chi connectivity index (χ0v) is 25.0. The van der Waals surface area contributed by atoms with Gasteiger partial charge in [0.1, 0.15) is 11.5 Å². The lowest BCUT2D eigenvalue weighted by Crippen LogP contribution is -2.04. The zero-order chi connectivity index (χ0) is 28.6. The minimum absolute atomic E-state index is 0.241. The molecule has 0 saturated carbocycles. The summed E-state index contributed by atoms with van der Waals surface area (Å²) >= 11 is 0. The highest BCUT2D eigenvalue weighted by Gasteiger charge is 2.20. The average molecular weight is 538 g/mol. The molecule has 0 saturated heterocycles. The third-order valence-electron chi connectivity index (χ3n) is 7.45. The summed E-state index contributed by atoms with van der Waals surface area (Å²) in [5.74, 6) is 2.12. The monoisotopic (exact) mass is 537 g/mol. The van der Waals surface area contributed by atoms with E-state index < -0.39 is 0 Å². The van der Waals surface area contributed by atoms with Crippen molar-refractivity contribution in [3.8, 4) is 11.5 Å². The largest absolute Gasteiger partial charge is 0.494 e. The quantitative estimate of drug-likeness (QED) is 0.0970. The number of benzene rings is 3. The minimum Gasteiger partial charge on any atom is -0.494 e. The normalized spacial score (nSPS) is 11.4. The first-order valence-electron chi connectivity index (χ1n) is 14.6. The highest BCUT2D eigenvalue weighted by Crippen LogP contribution is 2.31. The maximum Gasteiger partial charge on any atom is 0.165 e. The predicted molar refractivity (Wildman–Crippen MR) is 168 cm³/mol. The van der Waals surface area contributed by atoms with Crippen molar-refractivity contribution in [2.45, 2.75) is 66.7 Å². The van der Waals surface area contributed by atoms with Crippen LogP contribution in [-0.4, -0.2) is 23.6 Å². The molecule has 1 heterocycles. The highest BCUT2D eigenvalue weighted by atomic mass is 16.5. The molecule has 0 N–H and O–H groups in total. The lowest BCUT2D eigenvalue weighted by Gasteiger charge is -2.13. The smallest absolute Gasteiger partial charge is 0.165 e. The summed E-state index contributed by atoms with van der Waals surface area (Å²) < 4.78 is 14.2. The maximum absolute atomic E-state index is 12.9. The Kier molecular flexibility index (Phi) is 9.87. The topological polar surface area (TPSA) is 40.5 Å². The Hall–Kier alpha value is -3.79. The number of aryl methyl sites for hydroxylation is 4. The van der Waals surface area contributed by atoms with Crippen molar-refractivity contribution in [3.63, 3.8) is 0 Å². The number of para-hydroxylation sites is 1. The van der Waals surface area contributed by atoms with E-state index >= 15 is 0 Å². The first-order chi connectivity index (χ1) is 19.3. The number of hydrogen-bond donors (Lipinski definition) is 0. The molecular formula is C36H43NO3. The molecular weight excluding hydrogens is 494 g/mol. The van der Waals surface area contributed by atoms with Gasteiger partial charge in [0.25, 0.3) is 0 Å². The minimum atomic E-state index is 0.241. The van der Waals surface area contributed by atoms with Gasteiger partial charge in [-0.3, -0.25) is 4.79 Å². The number of fused-ring (bicyclic) bond motifs is 1. The number of carbonyl (C=O) groups is 1. The Morgan fingerprint density at radius 1 is 0.875 bits per heavy atom. The van der Waals surface area contributed by atoms with Crippen molar-refractivity contribution < 1.29 is 14.3 Å². The van der Waals surface area contributed by atoms with Gasteiger partial charge in [-0.1, -0.05) is 74.0 Å². The van der Waals surface area contributed by atoms with Crippen LogP contribution >= 0.6 is 0 Å². The van der Waals surface area contributed by atoms with E-state index in [1.165, 1.54) is 16.7 Å². The SMILES string of the molecule is CCCC(=O)c1c(CC)n(C)c2c(/C=C/c3ccc(OCCCCOc4c(C)cc(C)cc4C)cc3)cccc12. The van der Waals surface area contributed by atoms with Gasteiger partial charge in [-0.15, -0.1) is 0 Å². The van der Waals surface area contributed by atoms with Crippen LogP contribution in [0.1, 0.15) is 83.4 Å². The second-order valence-electron chi connectivity index (χ2n) is 10.7. The van der Waals surface area contributed by atoms with Crippen LogP contribution in [0.3, 0.4) is 0 Å². The average Bonchev–Trinajstić information content (AvgIpc) is 3.23. The molecule has 4 heteroatoms. The third kappa shape index (κ3) is 6.67. The summed E-state index contributed by atoms with van der Waals surface area (Å²) in [5, 5.41) is 1.05. The summed E-state index contributed by atoms with van der Waals surface area (Å²) in [7, 11) is 2.07. The molecule has 0 spiro atoms.